The summed E-state index contributed by atoms with van der Waals surface area (Å²) in [5.74, 6) is 1.55. The molecule has 0 aliphatic rings. The first-order chi connectivity index (χ1) is 12.7. The molecule has 0 N–H and O–H groups in total. The van der Waals surface area contributed by atoms with E-state index >= 15 is 0 Å². The summed E-state index contributed by atoms with van der Waals surface area (Å²) in [7, 11) is 1.71. The third-order valence-electron chi connectivity index (χ3n) is 5.35. The van der Waals surface area contributed by atoms with Crippen LogP contribution >= 0.6 is 0 Å². The highest BCUT2D eigenvalue weighted by molar-refractivity contribution is 5.88. The number of hydrogen-bond acceptors (Lipinski definition) is 1. The van der Waals surface area contributed by atoms with Gasteiger partial charge in [0, 0.05) is 0 Å². The monoisotopic (exact) mass is 346 g/mol. The first-order valence-electron chi connectivity index (χ1n) is 9.89. The predicted octanol–water partition coefficient (Wildman–Crippen LogP) is 7.59. The molecule has 0 aromatic heterocycles. The molecule has 0 aliphatic heterocycles. The number of ether oxygens (including phenoxy) is 1. The van der Waals surface area contributed by atoms with E-state index in [-0.39, 0.29) is 0 Å². The van der Waals surface area contributed by atoms with Crippen LogP contribution in [0.15, 0.2) is 60.7 Å². The highest BCUT2D eigenvalue weighted by Gasteiger charge is 2.07. The number of methoxy groups -OCH3 is 1. The Bertz CT molecular complexity index is 832. The van der Waals surface area contributed by atoms with Gasteiger partial charge in [-0.1, -0.05) is 82.0 Å². The zero-order valence-electron chi connectivity index (χ0n) is 16.3. The number of unbranched alkanes of at least 4 members (excludes halogenated alkanes) is 3. The maximum absolute atomic E-state index is 5.31. The summed E-state index contributed by atoms with van der Waals surface area (Å²) in [6.07, 6.45) is 6.66. The van der Waals surface area contributed by atoms with E-state index in [9.17, 15) is 0 Å². The van der Waals surface area contributed by atoms with Crippen molar-refractivity contribution in [2.24, 2.45) is 0 Å². The molecule has 0 amide bonds. The quantitative estimate of drug-likeness (QED) is 0.382. The normalized spacial score (nSPS) is 12.3. The summed E-state index contributed by atoms with van der Waals surface area (Å²) in [6.45, 7) is 4.62. The van der Waals surface area contributed by atoms with Crippen LogP contribution in [-0.2, 0) is 0 Å². The molecule has 3 aromatic carbocycles. The standard InChI is InChI=1S/C25H30O/c1-4-5-6-7-8-19(2)20-9-11-21(12-10-20)22-13-14-24-18-25(26-3)16-15-23(24)17-22/h9-19H,4-8H2,1-3H3. The summed E-state index contributed by atoms with van der Waals surface area (Å²) >= 11 is 0. The third kappa shape index (κ3) is 4.46. The van der Waals surface area contributed by atoms with E-state index in [1.807, 2.05) is 6.07 Å². The van der Waals surface area contributed by atoms with E-state index in [4.69, 9.17) is 4.74 Å². The van der Waals surface area contributed by atoms with E-state index in [1.54, 1.807) is 7.11 Å². The fraction of sp³-hybridized carbons (Fsp3) is 0.360. The van der Waals surface area contributed by atoms with Gasteiger partial charge in [-0.15, -0.1) is 0 Å². The van der Waals surface area contributed by atoms with Crippen molar-refractivity contribution in [3.8, 4) is 16.9 Å². The van der Waals surface area contributed by atoms with E-state index in [2.05, 4.69) is 68.4 Å². The van der Waals surface area contributed by atoms with Gasteiger partial charge in [0.15, 0.2) is 0 Å². The molecule has 0 heterocycles. The first kappa shape index (κ1) is 18.5. The molecule has 136 valence electrons. The molecule has 1 nitrogen and oxygen atoms in total. The second kappa shape index (κ2) is 8.89. The zero-order chi connectivity index (χ0) is 18.4. The molecule has 3 rings (SSSR count). The molecule has 0 saturated carbocycles. The van der Waals surface area contributed by atoms with E-state index in [1.165, 1.54) is 59.6 Å². The lowest BCUT2D eigenvalue weighted by Crippen LogP contribution is -1.94. The van der Waals surface area contributed by atoms with E-state index in [0.717, 1.165) is 5.75 Å². The number of benzene rings is 3. The van der Waals surface area contributed by atoms with Gasteiger partial charge in [0.05, 0.1) is 7.11 Å². The van der Waals surface area contributed by atoms with Crippen molar-refractivity contribution >= 4 is 10.8 Å². The molecular formula is C25H30O. The highest BCUT2D eigenvalue weighted by Crippen LogP contribution is 2.29. The summed E-state index contributed by atoms with van der Waals surface area (Å²) in [5.41, 5.74) is 4.00. The van der Waals surface area contributed by atoms with Crippen molar-refractivity contribution in [1.82, 2.24) is 0 Å². The molecule has 0 radical (unpaired) electrons. The van der Waals surface area contributed by atoms with Gasteiger partial charge < -0.3 is 4.74 Å². The van der Waals surface area contributed by atoms with Crippen molar-refractivity contribution in [3.05, 3.63) is 66.2 Å². The van der Waals surface area contributed by atoms with Crippen molar-refractivity contribution in [2.75, 3.05) is 7.11 Å². The lowest BCUT2D eigenvalue weighted by molar-refractivity contribution is 0.415. The molecule has 1 unspecified atom stereocenters. The molecule has 1 atom stereocenters. The summed E-state index contributed by atoms with van der Waals surface area (Å²) < 4.78 is 5.31. The second-order valence-electron chi connectivity index (χ2n) is 7.30. The molecule has 3 aromatic rings. The minimum atomic E-state index is 0.643. The Morgan fingerprint density at radius 2 is 1.46 bits per heavy atom. The van der Waals surface area contributed by atoms with Gasteiger partial charge in [-0.3, -0.25) is 0 Å². The van der Waals surface area contributed by atoms with Gasteiger partial charge >= 0.3 is 0 Å². The van der Waals surface area contributed by atoms with Crippen LogP contribution in [0, 0.1) is 0 Å². The largest absolute Gasteiger partial charge is 0.497 e. The minimum Gasteiger partial charge on any atom is -0.497 e. The first-order valence-corrected chi connectivity index (χ1v) is 9.89. The molecule has 0 spiro atoms. The van der Waals surface area contributed by atoms with Crippen molar-refractivity contribution in [3.63, 3.8) is 0 Å². The summed E-state index contributed by atoms with van der Waals surface area (Å²) in [4.78, 5) is 0. The Labute approximate surface area is 158 Å². The molecule has 1 heteroatoms. The molecular weight excluding hydrogens is 316 g/mol. The Morgan fingerprint density at radius 3 is 2.19 bits per heavy atom. The van der Waals surface area contributed by atoms with E-state index < -0.39 is 0 Å². The zero-order valence-corrected chi connectivity index (χ0v) is 16.3. The highest BCUT2D eigenvalue weighted by atomic mass is 16.5. The van der Waals surface area contributed by atoms with Gasteiger partial charge in [0.25, 0.3) is 0 Å². The van der Waals surface area contributed by atoms with Crippen LogP contribution in [0.1, 0.15) is 57.4 Å². The molecule has 0 fully saturated rings. The van der Waals surface area contributed by atoms with Crippen LogP contribution in [0.2, 0.25) is 0 Å². The lowest BCUT2D eigenvalue weighted by atomic mass is 9.93. The van der Waals surface area contributed by atoms with Gasteiger partial charge in [0.1, 0.15) is 5.75 Å². The van der Waals surface area contributed by atoms with Crippen molar-refractivity contribution in [1.29, 1.82) is 0 Å². The Hall–Kier alpha value is -2.28. The fourth-order valence-corrected chi connectivity index (χ4v) is 3.58. The van der Waals surface area contributed by atoms with Crippen molar-refractivity contribution < 1.29 is 4.74 Å². The molecule has 26 heavy (non-hydrogen) atoms. The van der Waals surface area contributed by atoms with Crippen LogP contribution in [0.5, 0.6) is 5.75 Å². The fourth-order valence-electron chi connectivity index (χ4n) is 3.58. The number of hydrogen-bond donors (Lipinski definition) is 0. The van der Waals surface area contributed by atoms with Crippen LogP contribution < -0.4 is 4.74 Å². The number of fused-ring (bicyclic) bond motifs is 1. The third-order valence-corrected chi connectivity index (χ3v) is 5.35. The average molecular weight is 347 g/mol. The maximum Gasteiger partial charge on any atom is 0.119 e. The average Bonchev–Trinajstić information content (AvgIpc) is 2.70. The lowest BCUT2D eigenvalue weighted by Gasteiger charge is -2.13. The Morgan fingerprint density at radius 1 is 0.769 bits per heavy atom. The minimum absolute atomic E-state index is 0.643. The predicted molar refractivity (Wildman–Crippen MR) is 113 cm³/mol. The Kier molecular flexibility index (Phi) is 6.33. The summed E-state index contributed by atoms with van der Waals surface area (Å²) in [6, 6.07) is 22.0. The second-order valence-corrected chi connectivity index (χ2v) is 7.30. The van der Waals surface area contributed by atoms with Crippen molar-refractivity contribution in [2.45, 2.75) is 51.9 Å². The van der Waals surface area contributed by atoms with Crippen LogP contribution in [0.4, 0.5) is 0 Å². The molecule has 0 saturated heterocycles. The van der Waals surface area contributed by atoms with Crippen LogP contribution in [0.25, 0.3) is 21.9 Å². The van der Waals surface area contributed by atoms with Crippen LogP contribution in [-0.4, -0.2) is 7.11 Å². The molecule has 0 bridgehead atoms. The van der Waals surface area contributed by atoms with Crippen LogP contribution in [0.3, 0.4) is 0 Å². The van der Waals surface area contributed by atoms with Gasteiger partial charge in [-0.05, 0) is 58.0 Å². The Balaban J connectivity index is 1.72. The number of rotatable bonds is 8. The van der Waals surface area contributed by atoms with Gasteiger partial charge in [0.2, 0.25) is 0 Å². The SMILES string of the molecule is CCCCCCC(C)c1ccc(-c2ccc3cc(OC)ccc3c2)cc1. The van der Waals surface area contributed by atoms with Gasteiger partial charge in [-0.25, -0.2) is 0 Å². The topological polar surface area (TPSA) is 9.23 Å². The van der Waals surface area contributed by atoms with Gasteiger partial charge in [-0.2, -0.15) is 0 Å². The molecule has 0 aliphatic carbocycles. The smallest absolute Gasteiger partial charge is 0.119 e. The van der Waals surface area contributed by atoms with E-state index in [0.29, 0.717) is 5.92 Å². The summed E-state index contributed by atoms with van der Waals surface area (Å²) in [5, 5.41) is 2.46. The maximum atomic E-state index is 5.31.